The van der Waals surface area contributed by atoms with Crippen LogP contribution in [0.5, 0.6) is 5.75 Å². The van der Waals surface area contributed by atoms with Gasteiger partial charge in [-0.2, -0.15) is 0 Å². The molecule has 0 spiro atoms. The molecule has 0 saturated heterocycles. The van der Waals surface area contributed by atoms with Crippen molar-refractivity contribution in [2.24, 2.45) is 0 Å². The van der Waals surface area contributed by atoms with E-state index in [0.29, 0.717) is 5.82 Å². The van der Waals surface area contributed by atoms with E-state index in [1.165, 1.54) is 10.6 Å². The number of fused-ring (bicyclic) bond motifs is 1. The number of hydrogen-bond acceptors (Lipinski definition) is 7. The Bertz CT molecular complexity index is 1170. The standard InChI is InChI=1S/C19H22FN3O5S/c1-19(2)18-21-15(16(25)17(26)23(18)10-22(19)3)13(24)8-6-11-5-7-12(20)9-14(11)29(4,27)28/h5,7,9,25H,6,8,10H2,1-4H3. The van der Waals surface area contributed by atoms with Crippen LogP contribution in [-0.4, -0.2) is 47.1 Å². The molecule has 2 aromatic rings. The number of nitrogens with zero attached hydrogens (tertiary/aromatic N) is 3. The van der Waals surface area contributed by atoms with Crippen molar-refractivity contribution in [3.63, 3.8) is 0 Å². The third-order valence-corrected chi connectivity index (χ3v) is 6.49. The van der Waals surface area contributed by atoms with Gasteiger partial charge in [-0.25, -0.2) is 17.8 Å². The summed E-state index contributed by atoms with van der Waals surface area (Å²) in [6.45, 7) is 3.93. The van der Waals surface area contributed by atoms with Gasteiger partial charge < -0.3 is 5.11 Å². The number of Topliss-reactive ketones (excluding diaryl/α,β-unsaturated/α-hetero) is 1. The van der Waals surface area contributed by atoms with Crippen LogP contribution in [0.1, 0.15) is 42.1 Å². The van der Waals surface area contributed by atoms with Crippen LogP contribution in [0.3, 0.4) is 0 Å². The van der Waals surface area contributed by atoms with E-state index in [1.54, 1.807) is 7.05 Å². The zero-order valence-electron chi connectivity index (χ0n) is 16.6. The predicted octanol–water partition coefficient (Wildman–Crippen LogP) is 1.45. The number of ketones is 1. The highest BCUT2D eigenvalue weighted by Gasteiger charge is 2.39. The van der Waals surface area contributed by atoms with E-state index in [0.717, 1.165) is 18.4 Å². The monoisotopic (exact) mass is 423 g/mol. The van der Waals surface area contributed by atoms with Crippen LogP contribution >= 0.6 is 0 Å². The fraction of sp³-hybridized carbons (Fsp3) is 0.421. The Labute approximate surface area is 167 Å². The summed E-state index contributed by atoms with van der Waals surface area (Å²) < 4.78 is 38.6. The van der Waals surface area contributed by atoms with Crippen LogP contribution in [-0.2, 0) is 28.5 Å². The molecular weight excluding hydrogens is 401 g/mol. The Balaban J connectivity index is 1.94. The van der Waals surface area contributed by atoms with E-state index in [4.69, 9.17) is 0 Å². The molecule has 1 N–H and O–H groups in total. The third kappa shape index (κ3) is 3.69. The number of hydrogen-bond donors (Lipinski definition) is 1. The van der Waals surface area contributed by atoms with Crippen molar-refractivity contribution in [2.75, 3.05) is 13.3 Å². The number of benzene rings is 1. The van der Waals surface area contributed by atoms with Gasteiger partial charge in [0, 0.05) is 12.7 Å². The molecule has 156 valence electrons. The number of aromatic nitrogens is 2. The lowest BCUT2D eigenvalue weighted by Crippen LogP contribution is -2.32. The number of halogens is 1. The Morgan fingerprint density at radius 2 is 2.00 bits per heavy atom. The van der Waals surface area contributed by atoms with Gasteiger partial charge in [-0.3, -0.25) is 19.1 Å². The first-order chi connectivity index (χ1) is 13.3. The van der Waals surface area contributed by atoms with E-state index >= 15 is 0 Å². The first-order valence-electron chi connectivity index (χ1n) is 8.91. The summed E-state index contributed by atoms with van der Waals surface area (Å²) in [7, 11) is -1.89. The van der Waals surface area contributed by atoms with Gasteiger partial charge in [-0.15, -0.1) is 0 Å². The molecule has 0 fully saturated rings. The number of aryl methyl sites for hydroxylation is 1. The second-order valence-electron chi connectivity index (χ2n) is 7.71. The minimum absolute atomic E-state index is 0.00957. The minimum atomic E-state index is -3.69. The zero-order valence-corrected chi connectivity index (χ0v) is 17.4. The van der Waals surface area contributed by atoms with Crippen molar-refractivity contribution in [3.05, 3.63) is 51.5 Å². The van der Waals surface area contributed by atoms with Crippen LogP contribution in [0.15, 0.2) is 27.9 Å². The van der Waals surface area contributed by atoms with E-state index in [9.17, 15) is 27.5 Å². The average Bonchev–Trinajstić information content (AvgIpc) is 2.85. The smallest absolute Gasteiger partial charge is 0.297 e. The lowest BCUT2D eigenvalue weighted by atomic mass is 10.0. The number of sulfone groups is 1. The second kappa shape index (κ2) is 7.03. The molecule has 1 aromatic heterocycles. The lowest BCUT2D eigenvalue weighted by Gasteiger charge is -2.25. The van der Waals surface area contributed by atoms with Gasteiger partial charge in [0.1, 0.15) is 11.6 Å². The largest absolute Gasteiger partial charge is 0.501 e. The SMILES string of the molecule is CN1Cn2c(nc(C(=O)CCc3ccc(F)cc3S(C)(=O)=O)c(O)c2=O)C1(C)C. The summed E-state index contributed by atoms with van der Waals surface area (Å²) >= 11 is 0. The van der Waals surface area contributed by atoms with Gasteiger partial charge in [0.2, 0.25) is 5.75 Å². The van der Waals surface area contributed by atoms with Gasteiger partial charge in [0.15, 0.2) is 21.3 Å². The summed E-state index contributed by atoms with van der Waals surface area (Å²) in [5.74, 6) is -1.66. The molecule has 1 aliphatic heterocycles. The second-order valence-corrected chi connectivity index (χ2v) is 9.70. The molecular formula is C19H22FN3O5S. The van der Waals surface area contributed by atoms with Gasteiger partial charge in [0.05, 0.1) is 17.1 Å². The van der Waals surface area contributed by atoms with E-state index < -0.39 is 38.3 Å². The van der Waals surface area contributed by atoms with Crippen molar-refractivity contribution < 1.29 is 22.7 Å². The lowest BCUT2D eigenvalue weighted by molar-refractivity contribution is 0.0973. The maximum atomic E-state index is 13.5. The quantitative estimate of drug-likeness (QED) is 0.725. The number of carbonyl (C=O) groups is 1. The molecule has 8 nitrogen and oxygen atoms in total. The van der Waals surface area contributed by atoms with Crippen molar-refractivity contribution in [2.45, 2.75) is 43.8 Å². The molecule has 10 heteroatoms. The Morgan fingerprint density at radius 1 is 1.34 bits per heavy atom. The Morgan fingerprint density at radius 3 is 2.62 bits per heavy atom. The van der Waals surface area contributed by atoms with Crippen LogP contribution in [0.2, 0.25) is 0 Å². The summed E-state index contributed by atoms with van der Waals surface area (Å²) in [6, 6.07) is 3.33. The van der Waals surface area contributed by atoms with Crippen molar-refractivity contribution >= 4 is 15.6 Å². The molecule has 0 amide bonds. The topological polar surface area (TPSA) is 110 Å². The van der Waals surface area contributed by atoms with Crippen LogP contribution < -0.4 is 5.56 Å². The summed E-state index contributed by atoms with van der Waals surface area (Å²) in [5.41, 5.74) is -1.37. The molecule has 1 aliphatic rings. The number of aromatic hydroxyl groups is 1. The fourth-order valence-electron chi connectivity index (χ4n) is 3.34. The number of carbonyl (C=O) groups excluding carboxylic acids is 1. The molecule has 29 heavy (non-hydrogen) atoms. The highest BCUT2D eigenvalue weighted by Crippen LogP contribution is 2.32. The van der Waals surface area contributed by atoms with Crippen molar-refractivity contribution in [3.8, 4) is 5.75 Å². The fourth-order valence-corrected chi connectivity index (χ4v) is 4.32. The molecule has 0 aliphatic carbocycles. The van der Waals surface area contributed by atoms with Gasteiger partial charge in [-0.1, -0.05) is 6.07 Å². The average molecular weight is 423 g/mol. The molecule has 0 saturated carbocycles. The molecule has 0 radical (unpaired) electrons. The van der Waals surface area contributed by atoms with E-state index in [2.05, 4.69) is 4.98 Å². The molecule has 1 aromatic carbocycles. The third-order valence-electron chi connectivity index (χ3n) is 5.31. The van der Waals surface area contributed by atoms with Crippen molar-refractivity contribution in [1.82, 2.24) is 14.5 Å². The molecule has 3 rings (SSSR count). The molecule has 0 atom stereocenters. The van der Waals surface area contributed by atoms with Gasteiger partial charge in [0.25, 0.3) is 5.56 Å². The highest BCUT2D eigenvalue weighted by atomic mass is 32.2. The maximum Gasteiger partial charge on any atom is 0.297 e. The highest BCUT2D eigenvalue weighted by molar-refractivity contribution is 7.90. The zero-order chi connectivity index (χ0) is 21.7. The van der Waals surface area contributed by atoms with Gasteiger partial charge >= 0.3 is 0 Å². The van der Waals surface area contributed by atoms with Crippen LogP contribution in [0.4, 0.5) is 4.39 Å². The Hall–Kier alpha value is -2.59. The van der Waals surface area contributed by atoms with Crippen LogP contribution in [0.25, 0.3) is 0 Å². The van der Waals surface area contributed by atoms with Crippen molar-refractivity contribution in [1.29, 1.82) is 0 Å². The summed E-state index contributed by atoms with van der Waals surface area (Å²) in [5, 5.41) is 10.2. The van der Waals surface area contributed by atoms with E-state index in [1.807, 2.05) is 18.7 Å². The Kier molecular flexibility index (Phi) is 5.12. The molecule has 2 heterocycles. The van der Waals surface area contributed by atoms with Gasteiger partial charge in [-0.05, 0) is 45.0 Å². The first-order valence-corrected chi connectivity index (χ1v) is 10.8. The summed E-state index contributed by atoms with van der Waals surface area (Å²) in [4.78, 5) is 31.1. The molecule has 0 unspecified atom stereocenters. The molecule has 0 bridgehead atoms. The maximum absolute atomic E-state index is 13.5. The normalized spacial score (nSPS) is 16.0. The predicted molar refractivity (Wildman–Crippen MR) is 103 cm³/mol. The minimum Gasteiger partial charge on any atom is -0.501 e. The number of rotatable bonds is 5. The first kappa shape index (κ1) is 21.1. The summed E-state index contributed by atoms with van der Waals surface area (Å²) in [6.07, 6.45) is 0.749. The van der Waals surface area contributed by atoms with E-state index in [-0.39, 0.29) is 35.7 Å². The van der Waals surface area contributed by atoms with Crippen LogP contribution in [0, 0.1) is 5.82 Å².